The molecule has 0 unspecified atom stereocenters. The van der Waals surface area contributed by atoms with E-state index in [1.54, 1.807) is 0 Å². The lowest BCUT2D eigenvalue weighted by molar-refractivity contribution is -0.143. The molecule has 4 fully saturated rings. The maximum atomic E-state index is 13.1. The summed E-state index contributed by atoms with van der Waals surface area (Å²) in [5, 5.41) is 7.00. The largest absolute Gasteiger partial charge is 0.408 e. The van der Waals surface area contributed by atoms with Crippen molar-refractivity contribution in [2.75, 3.05) is 6.54 Å². The molecular formula is C23H26ClF3N4O2. The third-order valence-electron chi connectivity index (χ3n) is 7.57. The lowest BCUT2D eigenvalue weighted by atomic mass is 9.49. The molecule has 0 radical (unpaired) electrons. The average Bonchev–Trinajstić information content (AvgIpc) is 2.97. The van der Waals surface area contributed by atoms with Crippen LogP contribution in [-0.4, -0.2) is 33.0 Å². The normalized spacial score (nSPS) is 28.3. The van der Waals surface area contributed by atoms with Crippen LogP contribution in [0.15, 0.2) is 23.0 Å². The third kappa shape index (κ3) is 4.32. The summed E-state index contributed by atoms with van der Waals surface area (Å²) in [5.41, 5.74) is -0.336. The molecule has 0 aliphatic heterocycles. The Morgan fingerprint density at radius 2 is 1.79 bits per heavy atom. The van der Waals surface area contributed by atoms with E-state index in [0.717, 1.165) is 41.6 Å². The highest BCUT2D eigenvalue weighted by Crippen LogP contribution is 2.59. The third-order valence-corrected chi connectivity index (χ3v) is 7.90. The summed E-state index contributed by atoms with van der Waals surface area (Å²) in [7, 11) is 0. The number of benzene rings is 1. The van der Waals surface area contributed by atoms with Crippen molar-refractivity contribution < 1.29 is 18.0 Å². The van der Waals surface area contributed by atoms with Gasteiger partial charge in [0.05, 0.1) is 16.3 Å². The molecule has 4 saturated carbocycles. The van der Waals surface area contributed by atoms with Gasteiger partial charge in [-0.1, -0.05) is 11.6 Å². The lowest BCUT2D eigenvalue weighted by Gasteiger charge is -2.56. The fourth-order valence-corrected chi connectivity index (χ4v) is 6.99. The molecule has 1 N–H and O–H groups in total. The quantitative estimate of drug-likeness (QED) is 0.682. The number of carbonyl (C=O) groups excluding carboxylic acids is 1. The molecule has 2 aromatic rings. The van der Waals surface area contributed by atoms with E-state index in [1.807, 2.05) is 0 Å². The molecule has 178 valence electrons. The van der Waals surface area contributed by atoms with Gasteiger partial charge in [0, 0.05) is 6.54 Å². The number of rotatable bonds is 5. The van der Waals surface area contributed by atoms with Crippen LogP contribution in [0, 0.1) is 30.1 Å². The zero-order chi connectivity index (χ0) is 23.5. The number of hydrogen-bond acceptors (Lipinski definition) is 3. The zero-order valence-corrected chi connectivity index (χ0v) is 19.0. The van der Waals surface area contributed by atoms with Gasteiger partial charge in [-0.05, 0) is 86.8 Å². The summed E-state index contributed by atoms with van der Waals surface area (Å²) in [4.78, 5) is 25.6. The molecule has 1 aromatic heterocycles. The summed E-state index contributed by atoms with van der Waals surface area (Å²) in [6, 6.07) is 4.40. The van der Waals surface area contributed by atoms with E-state index in [2.05, 4.69) is 10.4 Å². The van der Waals surface area contributed by atoms with E-state index in [4.69, 9.17) is 11.6 Å². The van der Waals surface area contributed by atoms with Crippen molar-refractivity contribution in [3.05, 3.63) is 45.1 Å². The SMILES string of the molecule is Cc1nn(CC(F)(F)F)c(=O)n1-c1ccc(Cl)c(C(=O)NCC23CC4CC(CC(C4)C2)C3)c1. The van der Waals surface area contributed by atoms with Crippen molar-refractivity contribution in [2.24, 2.45) is 23.2 Å². The van der Waals surface area contributed by atoms with Crippen LogP contribution >= 0.6 is 11.6 Å². The smallest absolute Gasteiger partial charge is 0.351 e. The van der Waals surface area contributed by atoms with E-state index in [0.29, 0.717) is 11.2 Å². The number of nitrogens with zero attached hydrogens (tertiary/aromatic N) is 3. The fourth-order valence-electron chi connectivity index (χ4n) is 6.78. The molecule has 4 bridgehead atoms. The Labute approximate surface area is 194 Å². The fraction of sp³-hybridized carbons (Fsp3) is 0.609. The van der Waals surface area contributed by atoms with E-state index in [1.165, 1.54) is 44.4 Å². The van der Waals surface area contributed by atoms with Gasteiger partial charge in [-0.25, -0.2) is 14.0 Å². The van der Waals surface area contributed by atoms with Crippen molar-refractivity contribution in [1.82, 2.24) is 19.7 Å². The Morgan fingerprint density at radius 1 is 1.18 bits per heavy atom. The molecule has 4 aliphatic carbocycles. The number of amides is 1. The zero-order valence-electron chi connectivity index (χ0n) is 18.3. The number of nitrogens with one attached hydrogen (secondary N) is 1. The Morgan fingerprint density at radius 3 is 2.36 bits per heavy atom. The minimum atomic E-state index is -4.57. The molecule has 10 heteroatoms. The van der Waals surface area contributed by atoms with Gasteiger partial charge in [0.1, 0.15) is 12.4 Å². The van der Waals surface area contributed by atoms with Gasteiger partial charge in [-0.15, -0.1) is 0 Å². The predicted octanol–water partition coefficient (Wildman–Crippen LogP) is 4.50. The summed E-state index contributed by atoms with van der Waals surface area (Å²) in [6.45, 7) is 0.555. The summed E-state index contributed by atoms with van der Waals surface area (Å²) < 4.78 is 39.7. The number of aromatic nitrogens is 3. The van der Waals surface area contributed by atoms with Crippen molar-refractivity contribution >= 4 is 17.5 Å². The molecule has 6 rings (SSSR count). The number of halogens is 4. The summed E-state index contributed by atoms with van der Waals surface area (Å²) in [6.07, 6.45) is 2.84. The van der Waals surface area contributed by atoms with E-state index >= 15 is 0 Å². The van der Waals surface area contributed by atoms with Gasteiger partial charge < -0.3 is 5.32 Å². The van der Waals surface area contributed by atoms with Gasteiger partial charge in [0.2, 0.25) is 0 Å². The first-order chi connectivity index (χ1) is 15.5. The number of aryl methyl sites for hydroxylation is 1. The van der Waals surface area contributed by atoms with Crippen LogP contribution in [0.3, 0.4) is 0 Å². The maximum Gasteiger partial charge on any atom is 0.408 e. The van der Waals surface area contributed by atoms with Crippen LogP contribution in [-0.2, 0) is 6.54 Å². The van der Waals surface area contributed by atoms with Crippen LogP contribution in [0.25, 0.3) is 5.69 Å². The summed E-state index contributed by atoms with van der Waals surface area (Å²) in [5.74, 6) is 2.05. The van der Waals surface area contributed by atoms with Crippen molar-refractivity contribution in [3.8, 4) is 5.69 Å². The molecule has 1 heterocycles. The topological polar surface area (TPSA) is 68.9 Å². The molecule has 33 heavy (non-hydrogen) atoms. The minimum Gasteiger partial charge on any atom is -0.351 e. The second kappa shape index (κ2) is 7.89. The molecule has 6 nitrogen and oxygen atoms in total. The first-order valence-electron chi connectivity index (χ1n) is 11.3. The lowest BCUT2D eigenvalue weighted by Crippen LogP contribution is -2.51. The standard InChI is InChI=1S/C23H26ClF3N4O2/c1-13-29-30(12-23(25,26)27)21(33)31(13)17-2-3-19(24)18(7-17)20(32)28-11-22-8-14-4-15(9-22)6-16(5-14)10-22/h2-3,7,14-16H,4-6,8-12H2,1H3,(H,28,32). The van der Waals surface area contributed by atoms with Gasteiger partial charge in [-0.3, -0.25) is 4.79 Å². The van der Waals surface area contributed by atoms with Crippen molar-refractivity contribution in [1.29, 1.82) is 0 Å². The Bertz CT molecular complexity index is 1120. The Balaban J connectivity index is 1.36. The Hall–Kier alpha value is -2.29. The first kappa shape index (κ1) is 22.5. The Kier molecular flexibility index (Phi) is 5.38. The number of hydrogen-bond donors (Lipinski definition) is 1. The number of alkyl halides is 3. The molecule has 4 aliphatic rings. The van der Waals surface area contributed by atoms with E-state index in [9.17, 15) is 22.8 Å². The van der Waals surface area contributed by atoms with Crippen LogP contribution in [0.1, 0.15) is 54.7 Å². The van der Waals surface area contributed by atoms with Crippen molar-refractivity contribution in [2.45, 2.75) is 58.2 Å². The van der Waals surface area contributed by atoms with Crippen LogP contribution in [0.4, 0.5) is 13.2 Å². The van der Waals surface area contributed by atoms with Gasteiger partial charge >= 0.3 is 11.9 Å². The van der Waals surface area contributed by atoms with Crippen molar-refractivity contribution in [3.63, 3.8) is 0 Å². The monoisotopic (exact) mass is 482 g/mol. The van der Waals surface area contributed by atoms with Gasteiger partial charge in [-0.2, -0.15) is 18.3 Å². The molecular weight excluding hydrogens is 457 g/mol. The first-order valence-corrected chi connectivity index (χ1v) is 11.7. The van der Waals surface area contributed by atoms with Crippen LogP contribution in [0.2, 0.25) is 5.02 Å². The highest BCUT2D eigenvalue weighted by molar-refractivity contribution is 6.33. The molecule has 1 amide bonds. The molecule has 0 spiro atoms. The van der Waals surface area contributed by atoms with Gasteiger partial charge in [0.25, 0.3) is 5.91 Å². The van der Waals surface area contributed by atoms with Gasteiger partial charge in [0.15, 0.2) is 0 Å². The highest BCUT2D eigenvalue weighted by Gasteiger charge is 2.50. The van der Waals surface area contributed by atoms with Crippen LogP contribution in [0.5, 0.6) is 0 Å². The average molecular weight is 483 g/mol. The van der Waals surface area contributed by atoms with Crippen LogP contribution < -0.4 is 11.0 Å². The maximum absolute atomic E-state index is 13.1. The second-order valence-corrected chi connectivity index (χ2v) is 10.6. The van der Waals surface area contributed by atoms with E-state index in [-0.39, 0.29) is 33.4 Å². The highest BCUT2D eigenvalue weighted by atomic mass is 35.5. The van der Waals surface area contributed by atoms with E-state index < -0.39 is 18.4 Å². The second-order valence-electron chi connectivity index (χ2n) is 10.2. The molecule has 1 aromatic carbocycles. The number of carbonyl (C=O) groups is 1. The minimum absolute atomic E-state index is 0.0893. The molecule has 0 atom stereocenters. The summed E-state index contributed by atoms with van der Waals surface area (Å²) >= 11 is 6.29. The molecule has 0 saturated heterocycles. The predicted molar refractivity (Wildman–Crippen MR) is 117 cm³/mol.